The Morgan fingerprint density at radius 2 is 1.86 bits per heavy atom. The van der Waals surface area contributed by atoms with Crippen molar-refractivity contribution in [3.8, 4) is 0 Å². The lowest BCUT2D eigenvalue weighted by atomic mass is 10.0. The number of sulfonamides is 1. The number of hydrogen-bond acceptors (Lipinski definition) is 8. The number of carbonyl (C=O) groups is 1. The summed E-state index contributed by atoms with van der Waals surface area (Å²) in [5.74, 6) is 1.58. The summed E-state index contributed by atoms with van der Waals surface area (Å²) >= 11 is 0. The largest absolute Gasteiger partial charge is 0.375 e. The van der Waals surface area contributed by atoms with Gasteiger partial charge in [-0.3, -0.25) is 9.89 Å². The van der Waals surface area contributed by atoms with Crippen molar-refractivity contribution in [2.45, 2.75) is 43.0 Å². The minimum atomic E-state index is -3.62. The van der Waals surface area contributed by atoms with E-state index in [-0.39, 0.29) is 23.4 Å². The van der Waals surface area contributed by atoms with Crippen molar-refractivity contribution in [1.82, 2.24) is 29.8 Å². The molecule has 37 heavy (non-hydrogen) atoms. The predicted molar refractivity (Wildman–Crippen MR) is 140 cm³/mol. The van der Waals surface area contributed by atoms with Gasteiger partial charge in [0, 0.05) is 32.2 Å². The maximum absolute atomic E-state index is 13.5. The molecule has 0 bridgehead atoms. The molecule has 2 aliphatic heterocycles. The molecule has 1 aromatic carbocycles. The molecule has 0 radical (unpaired) electrons. The summed E-state index contributed by atoms with van der Waals surface area (Å²) in [6, 6.07) is 6.83. The van der Waals surface area contributed by atoms with Gasteiger partial charge in [0.2, 0.25) is 15.9 Å². The van der Waals surface area contributed by atoms with Crippen LogP contribution in [0.15, 0.2) is 41.7 Å². The number of rotatable bonds is 7. The van der Waals surface area contributed by atoms with E-state index in [2.05, 4.69) is 35.7 Å². The average molecular weight is 525 g/mol. The Bertz CT molecular complexity index is 1380. The van der Waals surface area contributed by atoms with Crippen LogP contribution < -0.4 is 15.5 Å². The van der Waals surface area contributed by atoms with Crippen LogP contribution in [0.1, 0.15) is 32.1 Å². The van der Waals surface area contributed by atoms with E-state index in [0.29, 0.717) is 42.8 Å². The topological polar surface area (TPSA) is 136 Å². The number of aromatic amines is 1. The minimum Gasteiger partial charge on any atom is -0.375 e. The molecule has 3 fully saturated rings. The molecule has 196 valence electrons. The van der Waals surface area contributed by atoms with Crippen molar-refractivity contribution in [3.63, 3.8) is 0 Å². The molecule has 2 unspecified atom stereocenters. The van der Waals surface area contributed by atoms with Crippen LogP contribution in [0, 0.1) is 11.8 Å². The van der Waals surface area contributed by atoms with Gasteiger partial charge in [-0.15, -0.1) is 0 Å². The summed E-state index contributed by atoms with van der Waals surface area (Å²) < 4.78 is 28.5. The van der Waals surface area contributed by atoms with Crippen molar-refractivity contribution >= 4 is 38.5 Å². The number of amides is 1. The second kappa shape index (κ2) is 9.90. The summed E-state index contributed by atoms with van der Waals surface area (Å²) in [5, 5.41) is 14.0. The van der Waals surface area contributed by atoms with Crippen molar-refractivity contribution in [2.24, 2.45) is 11.8 Å². The number of H-pyrrole nitrogens is 1. The van der Waals surface area contributed by atoms with Crippen LogP contribution in [-0.2, 0) is 14.8 Å². The fourth-order valence-corrected chi connectivity index (χ4v) is 7.83. The summed E-state index contributed by atoms with van der Waals surface area (Å²) in [7, 11) is -3.62. The molecule has 6 rings (SSSR count). The van der Waals surface area contributed by atoms with Crippen LogP contribution in [0.2, 0.25) is 0 Å². The van der Waals surface area contributed by atoms with Crippen LogP contribution in [0.5, 0.6) is 0 Å². The highest BCUT2D eigenvalue weighted by molar-refractivity contribution is 7.89. The Hall–Kier alpha value is -3.25. The monoisotopic (exact) mass is 524 g/mol. The molecule has 3 N–H and O–H groups in total. The molecule has 12 heteroatoms. The van der Waals surface area contributed by atoms with E-state index in [1.54, 1.807) is 34.8 Å². The lowest BCUT2D eigenvalue weighted by Gasteiger charge is -2.34. The fourth-order valence-electron chi connectivity index (χ4n) is 6.11. The third kappa shape index (κ3) is 4.75. The molecular formula is C25H32N8O3S. The quantitative estimate of drug-likeness (QED) is 0.427. The molecule has 0 spiro atoms. The van der Waals surface area contributed by atoms with Crippen molar-refractivity contribution < 1.29 is 13.2 Å². The number of hydrogen-bond donors (Lipinski definition) is 3. The highest BCUT2D eigenvalue weighted by atomic mass is 32.2. The predicted octanol–water partition coefficient (Wildman–Crippen LogP) is 1.97. The van der Waals surface area contributed by atoms with Crippen LogP contribution in [0.4, 0.5) is 11.5 Å². The van der Waals surface area contributed by atoms with Crippen molar-refractivity contribution in [2.75, 3.05) is 42.9 Å². The highest BCUT2D eigenvalue weighted by Gasteiger charge is 2.42. The molecule has 1 saturated carbocycles. The Balaban J connectivity index is 1.08. The van der Waals surface area contributed by atoms with E-state index >= 15 is 0 Å². The summed E-state index contributed by atoms with van der Waals surface area (Å²) in [5.41, 5.74) is 1.15. The zero-order chi connectivity index (χ0) is 25.4. The standard InChI is InChI=1S/C25H32N8O3S/c34-23(30-19-7-4-10-32(15-19)25-20-11-29-31-24(20)27-16-28-25)12-26-21-8-1-2-9-22(21)37(35,36)33-13-17-5-3-6-18(17)14-33/h1-2,8-9,11,16-19,26H,3-7,10,12-15H2,(H,30,34)(H,27,28,29,31)/t17?,18?,19-/m1/s1. The van der Waals surface area contributed by atoms with E-state index in [0.717, 1.165) is 43.4 Å². The molecule has 3 aromatic rings. The Morgan fingerprint density at radius 3 is 2.70 bits per heavy atom. The first kappa shape index (κ1) is 24.1. The molecule has 3 atom stereocenters. The van der Waals surface area contributed by atoms with Gasteiger partial charge in [-0.05, 0) is 49.7 Å². The van der Waals surface area contributed by atoms with Gasteiger partial charge < -0.3 is 15.5 Å². The number of anilines is 2. The minimum absolute atomic E-state index is 0.00618. The molecule has 11 nitrogen and oxygen atoms in total. The van der Waals surface area contributed by atoms with Gasteiger partial charge in [0.1, 0.15) is 17.0 Å². The Kier molecular flexibility index (Phi) is 6.45. The number of piperidine rings is 1. The lowest BCUT2D eigenvalue weighted by molar-refractivity contribution is -0.120. The van der Waals surface area contributed by atoms with Gasteiger partial charge in [-0.2, -0.15) is 9.40 Å². The lowest BCUT2D eigenvalue weighted by Crippen LogP contribution is -2.49. The van der Waals surface area contributed by atoms with E-state index in [4.69, 9.17) is 0 Å². The second-order valence-corrected chi connectivity index (χ2v) is 12.2. The number of benzene rings is 1. The number of nitrogens with one attached hydrogen (secondary N) is 3. The molecule has 2 aromatic heterocycles. The number of nitrogens with zero attached hydrogens (tertiary/aromatic N) is 5. The fraction of sp³-hybridized carbons (Fsp3) is 0.520. The summed E-state index contributed by atoms with van der Waals surface area (Å²) in [4.78, 5) is 23.9. The zero-order valence-corrected chi connectivity index (χ0v) is 21.5. The van der Waals surface area contributed by atoms with Gasteiger partial charge in [-0.25, -0.2) is 18.4 Å². The summed E-state index contributed by atoms with van der Waals surface area (Å²) in [6.45, 7) is 2.65. The van der Waals surface area contributed by atoms with E-state index in [1.807, 2.05) is 0 Å². The van der Waals surface area contributed by atoms with Gasteiger partial charge in [0.25, 0.3) is 0 Å². The maximum Gasteiger partial charge on any atom is 0.245 e. The van der Waals surface area contributed by atoms with Crippen LogP contribution in [0.25, 0.3) is 11.0 Å². The third-order valence-corrected chi connectivity index (χ3v) is 9.84. The third-order valence-electron chi connectivity index (χ3n) is 7.95. The maximum atomic E-state index is 13.5. The average Bonchev–Trinajstić information content (AvgIpc) is 3.64. The normalized spacial score (nSPS) is 24.3. The van der Waals surface area contributed by atoms with Gasteiger partial charge in [0.05, 0.1) is 23.8 Å². The van der Waals surface area contributed by atoms with Gasteiger partial charge in [-0.1, -0.05) is 18.6 Å². The van der Waals surface area contributed by atoms with Crippen LogP contribution in [-0.4, -0.2) is 77.6 Å². The first-order valence-corrected chi connectivity index (χ1v) is 14.4. The van der Waals surface area contributed by atoms with Crippen LogP contribution >= 0.6 is 0 Å². The van der Waals surface area contributed by atoms with E-state index in [9.17, 15) is 13.2 Å². The first-order valence-electron chi connectivity index (χ1n) is 13.0. The van der Waals surface area contributed by atoms with E-state index < -0.39 is 10.0 Å². The molecular weight excluding hydrogens is 492 g/mol. The smallest absolute Gasteiger partial charge is 0.245 e. The zero-order valence-electron chi connectivity index (χ0n) is 20.6. The Morgan fingerprint density at radius 1 is 1.05 bits per heavy atom. The summed E-state index contributed by atoms with van der Waals surface area (Å²) in [6.07, 6.45) is 8.44. The number of aromatic nitrogens is 4. The van der Waals surface area contributed by atoms with Crippen molar-refractivity contribution in [1.29, 1.82) is 0 Å². The molecule has 4 heterocycles. The molecule has 1 amide bonds. The molecule has 2 saturated heterocycles. The highest BCUT2D eigenvalue weighted by Crippen LogP contribution is 2.40. The molecule has 3 aliphatic rings. The molecule has 1 aliphatic carbocycles. The number of carbonyl (C=O) groups excluding carboxylic acids is 1. The van der Waals surface area contributed by atoms with Crippen molar-refractivity contribution in [3.05, 3.63) is 36.8 Å². The van der Waals surface area contributed by atoms with Gasteiger partial charge >= 0.3 is 0 Å². The SMILES string of the molecule is O=C(CNc1ccccc1S(=O)(=O)N1CC2CCCC2C1)N[C@@H]1CCCN(c2ncnc3[nH]ncc23)C1. The number of fused-ring (bicyclic) bond motifs is 2. The first-order chi connectivity index (χ1) is 18.0. The Labute approximate surface area is 216 Å². The van der Waals surface area contributed by atoms with Crippen LogP contribution in [0.3, 0.4) is 0 Å². The van der Waals surface area contributed by atoms with Gasteiger partial charge in [0.15, 0.2) is 5.65 Å². The van der Waals surface area contributed by atoms with E-state index in [1.165, 1.54) is 12.7 Å². The number of para-hydroxylation sites is 1. The second-order valence-electron chi connectivity index (χ2n) is 10.3.